The van der Waals surface area contributed by atoms with Crippen LogP contribution in [0.1, 0.15) is 24.8 Å². The Hall–Kier alpha value is -1.19. The Morgan fingerprint density at radius 3 is 2.57 bits per heavy atom. The molecule has 2 aliphatic rings. The first-order chi connectivity index (χ1) is 10.3. The van der Waals surface area contributed by atoms with E-state index < -0.39 is 0 Å². The highest BCUT2D eigenvalue weighted by Crippen LogP contribution is 2.15. The van der Waals surface area contributed by atoms with Crippen LogP contribution in [0.3, 0.4) is 0 Å². The molecular weight excluding hydrogens is 263 g/mol. The maximum Gasteiger partial charge on any atom is 0.127 e. The average molecular weight is 290 g/mol. The maximum atomic E-state index is 13.2. The van der Waals surface area contributed by atoms with Crippen LogP contribution in [-0.2, 0) is 6.54 Å². The largest absolute Gasteiger partial charge is 0.325 e. The van der Waals surface area contributed by atoms with Gasteiger partial charge in [0.05, 0.1) is 6.54 Å². The molecule has 0 amide bonds. The zero-order valence-corrected chi connectivity index (χ0v) is 12.8. The van der Waals surface area contributed by atoms with Gasteiger partial charge in [-0.15, -0.1) is 0 Å². The van der Waals surface area contributed by atoms with Crippen molar-refractivity contribution in [1.29, 1.82) is 0 Å². The van der Waals surface area contributed by atoms with Crippen molar-refractivity contribution < 1.29 is 14.2 Å². The molecule has 0 spiro atoms. The maximum absolute atomic E-state index is 13.2. The number of piperazine rings is 1. The molecule has 1 aromatic rings. The molecule has 1 aliphatic carbocycles. The van der Waals surface area contributed by atoms with Crippen LogP contribution < -0.4 is 9.80 Å². The monoisotopic (exact) mass is 290 g/mol. The second-order valence-corrected chi connectivity index (χ2v) is 6.66. The highest BCUT2D eigenvalue weighted by Gasteiger charge is 2.25. The molecular formula is C18H27FN2+2. The van der Waals surface area contributed by atoms with Gasteiger partial charge in [0.25, 0.3) is 0 Å². The first-order valence-corrected chi connectivity index (χ1v) is 8.36. The molecule has 0 bridgehead atoms. The van der Waals surface area contributed by atoms with Gasteiger partial charge in [0, 0.05) is 11.5 Å². The van der Waals surface area contributed by atoms with E-state index in [-0.39, 0.29) is 5.82 Å². The van der Waals surface area contributed by atoms with Crippen LogP contribution in [0.4, 0.5) is 4.39 Å². The van der Waals surface area contributed by atoms with Crippen molar-refractivity contribution in [3.05, 3.63) is 47.8 Å². The Balaban J connectivity index is 1.43. The second kappa shape index (κ2) is 7.19. The molecule has 1 aromatic carbocycles. The normalized spacial score (nSPS) is 29.5. The summed E-state index contributed by atoms with van der Waals surface area (Å²) < 4.78 is 13.2. The Labute approximate surface area is 127 Å². The second-order valence-electron chi connectivity index (χ2n) is 6.66. The van der Waals surface area contributed by atoms with Crippen molar-refractivity contribution in [2.75, 3.05) is 32.7 Å². The first-order valence-electron chi connectivity index (χ1n) is 8.36. The van der Waals surface area contributed by atoms with Crippen LogP contribution in [0.5, 0.6) is 0 Å². The van der Waals surface area contributed by atoms with Gasteiger partial charge in [-0.1, -0.05) is 24.3 Å². The van der Waals surface area contributed by atoms with E-state index in [4.69, 9.17) is 0 Å². The molecule has 0 radical (unpaired) electrons. The smallest absolute Gasteiger partial charge is 0.127 e. The van der Waals surface area contributed by atoms with E-state index in [1.54, 1.807) is 15.9 Å². The van der Waals surface area contributed by atoms with Gasteiger partial charge in [-0.2, -0.15) is 0 Å². The molecule has 1 fully saturated rings. The van der Waals surface area contributed by atoms with Gasteiger partial charge in [-0.05, 0) is 31.4 Å². The van der Waals surface area contributed by atoms with Crippen molar-refractivity contribution in [2.24, 2.45) is 5.92 Å². The molecule has 1 heterocycles. The van der Waals surface area contributed by atoms with Crippen molar-refractivity contribution in [1.82, 2.24) is 0 Å². The summed E-state index contributed by atoms with van der Waals surface area (Å²) in [5.41, 5.74) is 1.13. The van der Waals surface area contributed by atoms with Crippen molar-refractivity contribution in [2.45, 2.75) is 25.8 Å². The molecule has 1 aliphatic heterocycles. The Bertz CT molecular complexity index is 478. The molecule has 3 heteroatoms. The molecule has 2 N–H and O–H groups in total. The number of allylic oxidation sites excluding steroid dienone is 2. The van der Waals surface area contributed by atoms with Crippen LogP contribution >= 0.6 is 0 Å². The van der Waals surface area contributed by atoms with E-state index in [1.807, 2.05) is 12.1 Å². The highest BCUT2D eigenvalue weighted by atomic mass is 19.1. The van der Waals surface area contributed by atoms with E-state index in [0.29, 0.717) is 0 Å². The zero-order chi connectivity index (χ0) is 14.5. The van der Waals surface area contributed by atoms with Gasteiger partial charge in [-0.3, -0.25) is 0 Å². The van der Waals surface area contributed by atoms with E-state index in [1.165, 1.54) is 58.1 Å². The predicted octanol–water partition coefficient (Wildman–Crippen LogP) is 0.465. The number of nitrogens with one attached hydrogen (secondary N) is 2. The lowest BCUT2D eigenvalue weighted by Gasteiger charge is -2.32. The summed E-state index contributed by atoms with van der Waals surface area (Å²) in [7, 11) is 0. The fourth-order valence-electron chi connectivity index (χ4n) is 3.72. The molecule has 2 nitrogen and oxygen atoms in total. The summed E-state index contributed by atoms with van der Waals surface area (Å²) in [6.45, 7) is 7.29. The van der Waals surface area contributed by atoms with Crippen LogP contribution in [0.15, 0.2) is 36.4 Å². The lowest BCUT2D eigenvalue weighted by molar-refractivity contribution is -1.02. The number of hydrogen-bond acceptors (Lipinski definition) is 0. The van der Waals surface area contributed by atoms with Crippen LogP contribution in [-0.4, -0.2) is 32.7 Å². The van der Waals surface area contributed by atoms with Gasteiger partial charge >= 0.3 is 0 Å². The van der Waals surface area contributed by atoms with Crippen LogP contribution in [0.25, 0.3) is 0 Å². The minimum atomic E-state index is -0.110. The van der Waals surface area contributed by atoms with Crippen molar-refractivity contribution in [3.8, 4) is 0 Å². The van der Waals surface area contributed by atoms with Crippen LogP contribution in [0.2, 0.25) is 0 Å². The van der Waals surface area contributed by atoms with Crippen molar-refractivity contribution >= 4 is 0 Å². The topological polar surface area (TPSA) is 8.88 Å². The van der Waals surface area contributed by atoms with E-state index in [9.17, 15) is 4.39 Å². The summed E-state index contributed by atoms with van der Waals surface area (Å²) in [4.78, 5) is 3.38. The zero-order valence-electron chi connectivity index (χ0n) is 12.8. The Kier molecular flexibility index (Phi) is 5.04. The van der Waals surface area contributed by atoms with Gasteiger partial charge in [0.1, 0.15) is 38.5 Å². The summed E-state index contributed by atoms with van der Waals surface area (Å²) in [6, 6.07) is 7.08. The fraction of sp³-hybridized carbons (Fsp3) is 0.556. The standard InChI is InChI=1S/C18H25FN2/c19-18-8-4-7-17(13-18)15-21-11-9-20(10-12-21)14-16-5-2-1-3-6-16/h1-2,4,7-8,13,16H,3,5-6,9-12,14-15H2/p+2/t16-/m1/s1. The molecule has 21 heavy (non-hydrogen) atoms. The van der Waals surface area contributed by atoms with Crippen LogP contribution in [0, 0.1) is 11.7 Å². The Morgan fingerprint density at radius 2 is 1.86 bits per heavy atom. The third-order valence-corrected chi connectivity index (χ3v) is 4.96. The first kappa shape index (κ1) is 14.7. The van der Waals surface area contributed by atoms with Crippen molar-refractivity contribution in [3.63, 3.8) is 0 Å². The average Bonchev–Trinajstić information content (AvgIpc) is 2.50. The number of quaternary nitrogens is 2. The van der Waals surface area contributed by atoms with Gasteiger partial charge in [0.2, 0.25) is 0 Å². The SMILES string of the molecule is Fc1cccc(C[NH+]2CC[NH+](C[C@@H]3CC=CCC3)CC2)c1. The minimum Gasteiger partial charge on any atom is -0.325 e. The quantitative estimate of drug-likeness (QED) is 0.746. The molecule has 0 saturated carbocycles. The molecule has 0 unspecified atom stereocenters. The van der Waals surface area contributed by atoms with Gasteiger partial charge < -0.3 is 9.80 Å². The van der Waals surface area contributed by atoms with E-state index in [2.05, 4.69) is 12.2 Å². The number of hydrogen-bond donors (Lipinski definition) is 2. The molecule has 1 saturated heterocycles. The number of rotatable bonds is 4. The van der Waals surface area contributed by atoms with Gasteiger partial charge in [-0.25, -0.2) is 4.39 Å². The lowest BCUT2D eigenvalue weighted by atomic mass is 9.94. The van der Waals surface area contributed by atoms with E-state index in [0.717, 1.165) is 18.0 Å². The summed E-state index contributed by atoms with van der Waals surface area (Å²) >= 11 is 0. The fourth-order valence-corrected chi connectivity index (χ4v) is 3.72. The third-order valence-electron chi connectivity index (χ3n) is 4.96. The highest BCUT2D eigenvalue weighted by molar-refractivity contribution is 5.14. The summed E-state index contributed by atoms with van der Waals surface area (Å²) in [5, 5.41) is 0. The van der Waals surface area contributed by atoms with E-state index >= 15 is 0 Å². The predicted molar refractivity (Wildman–Crippen MR) is 82.8 cm³/mol. The summed E-state index contributed by atoms with van der Waals surface area (Å²) in [5.74, 6) is 0.788. The molecule has 1 atom stereocenters. The molecule has 114 valence electrons. The third kappa shape index (κ3) is 4.39. The Morgan fingerprint density at radius 1 is 1.05 bits per heavy atom. The number of halogens is 1. The molecule has 0 aromatic heterocycles. The summed E-state index contributed by atoms with van der Waals surface area (Å²) in [6.07, 6.45) is 8.62. The van der Waals surface area contributed by atoms with Gasteiger partial charge in [0.15, 0.2) is 0 Å². The minimum absolute atomic E-state index is 0.110. The number of benzene rings is 1. The molecule has 3 rings (SSSR count). The lowest BCUT2D eigenvalue weighted by Crippen LogP contribution is -3.27.